The number of rotatable bonds is 9. The number of amides is 3. The molecule has 256 valence electrons. The zero-order chi connectivity index (χ0) is 34.7. The number of carbonyl (C=O) groups excluding carboxylic acids is 3. The van der Waals surface area contributed by atoms with Crippen LogP contribution in [0.1, 0.15) is 46.5 Å². The summed E-state index contributed by atoms with van der Waals surface area (Å²) in [5, 5.41) is 2.17. The van der Waals surface area contributed by atoms with Crippen molar-refractivity contribution in [2.45, 2.75) is 75.0 Å². The van der Waals surface area contributed by atoms with Crippen LogP contribution in [-0.4, -0.2) is 80.7 Å². The molecule has 2 aromatic carbocycles. The fourth-order valence-corrected chi connectivity index (χ4v) is 7.68. The van der Waals surface area contributed by atoms with Crippen LogP contribution >= 0.6 is 0 Å². The number of sulfonamides is 1. The molecule has 2 saturated carbocycles. The minimum atomic E-state index is -3.86. The van der Waals surface area contributed by atoms with Crippen molar-refractivity contribution in [3.8, 4) is 17.1 Å². The van der Waals surface area contributed by atoms with Gasteiger partial charge in [-0.25, -0.2) is 27.6 Å². The van der Waals surface area contributed by atoms with E-state index in [9.17, 15) is 22.8 Å². The van der Waals surface area contributed by atoms with Gasteiger partial charge in [-0.1, -0.05) is 48.5 Å². The van der Waals surface area contributed by atoms with Crippen molar-refractivity contribution in [1.29, 1.82) is 0 Å². The number of imidazole rings is 1. The van der Waals surface area contributed by atoms with Crippen LogP contribution in [0, 0.1) is 5.92 Å². The Kier molecular flexibility index (Phi) is 7.88. The van der Waals surface area contributed by atoms with E-state index in [0.717, 1.165) is 16.6 Å². The molecule has 3 aliphatic rings. The van der Waals surface area contributed by atoms with Gasteiger partial charge < -0.3 is 14.8 Å². The minimum Gasteiger partial charge on any atom is -0.473 e. The molecule has 4 atom stereocenters. The number of benzene rings is 2. The lowest BCUT2D eigenvalue weighted by Gasteiger charge is -2.29. The van der Waals surface area contributed by atoms with Crippen molar-refractivity contribution in [2.24, 2.45) is 5.92 Å². The molecular formula is C35H38N6O7S. The zero-order valence-corrected chi connectivity index (χ0v) is 28.3. The van der Waals surface area contributed by atoms with Crippen molar-refractivity contribution < 1.29 is 32.3 Å². The molecule has 0 bridgehead atoms. The maximum atomic E-state index is 14.0. The van der Waals surface area contributed by atoms with E-state index in [1.807, 2.05) is 54.6 Å². The van der Waals surface area contributed by atoms with E-state index >= 15 is 0 Å². The van der Waals surface area contributed by atoms with Crippen molar-refractivity contribution in [3.63, 3.8) is 0 Å². The predicted molar refractivity (Wildman–Crippen MR) is 181 cm³/mol. The third-order valence-electron chi connectivity index (χ3n) is 9.04. The van der Waals surface area contributed by atoms with Crippen LogP contribution in [0.4, 0.5) is 4.79 Å². The number of aromatic nitrogens is 3. The molecule has 2 N–H and O–H groups in total. The minimum absolute atomic E-state index is 0.00422. The van der Waals surface area contributed by atoms with Crippen molar-refractivity contribution in [2.75, 3.05) is 6.54 Å². The van der Waals surface area contributed by atoms with E-state index < -0.39 is 62.4 Å². The van der Waals surface area contributed by atoms with E-state index in [-0.39, 0.29) is 19.4 Å². The Morgan fingerprint density at radius 1 is 1.04 bits per heavy atom. The fraction of sp³-hybridized carbons (Fsp3) is 0.400. The zero-order valence-electron chi connectivity index (χ0n) is 27.5. The van der Waals surface area contributed by atoms with E-state index in [1.54, 1.807) is 31.2 Å². The molecule has 4 aromatic rings. The van der Waals surface area contributed by atoms with Crippen molar-refractivity contribution in [3.05, 3.63) is 73.3 Å². The van der Waals surface area contributed by atoms with Crippen LogP contribution in [0.3, 0.4) is 0 Å². The molecule has 1 unspecified atom stereocenters. The number of fused-ring (bicyclic) bond motifs is 3. The molecule has 3 amide bonds. The van der Waals surface area contributed by atoms with Crippen LogP contribution in [0.15, 0.2) is 73.3 Å². The SMILES string of the molecule is C=C[C@@H]1CC1(NC(=O)[C@@H]1C[C@@H](Oc2cc(-c3ccccc3)nc3nc4ccccc4n23)CN1C(=O)OC(C)(C)C)C(=O)NS(=O)(=O)C1CC1. The van der Waals surface area contributed by atoms with Gasteiger partial charge in [0.2, 0.25) is 27.6 Å². The maximum Gasteiger partial charge on any atom is 0.411 e. The van der Waals surface area contributed by atoms with Gasteiger partial charge >= 0.3 is 6.09 Å². The number of hydrogen-bond donors (Lipinski definition) is 2. The average Bonchev–Trinajstić information content (AvgIpc) is 3.95. The molecule has 49 heavy (non-hydrogen) atoms. The van der Waals surface area contributed by atoms with Gasteiger partial charge in [0.1, 0.15) is 23.3 Å². The highest BCUT2D eigenvalue weighted by molar-refractivity contribution is 7.91. The topological polar surface area (TPSA) is 161 Å². The largest absolute Gasteiger partial charge is 0.473 e. The lowest BCUT2D eigenvalue weighted by Crippen LogP contribution is -2.56. The summed E-state index contributed by atoms with van der Waals surface area (Å²) >= 11 is 0. The van der Waals surface area contributed by atoms with Gasteiger partial charge in [-0.05, 0) is 52.2 Å². The van der Waals surface area contributed by atoms with Gasteiger partial charge in [0.05, 0.1) is 28.5 Å². The standard InChI is InChI=1S/C35H38N6O7S/c1-5-22-19-35(22,31(43)39-49(45,46)24-15-16-24)38-30(42)28-17-23(20-40(28)33(44)48-34(2,3)4)47-29-18-26(21-11-7-6-8-12-21)37-32-36-25-13-9-10-14-27(25)41(29)32/h5-14,18,22-24,28H,1,15-17,19-20H2,2-4H3,(H,38,42)(H,39,43)/t22-,23-,28+,35?/m1/s1. The lowest BCUT2D eigenvalue weighted by atomic mass is 10.1. The van der Waals surface area contributed by atoms with Crippen molar-refractivity contribution >= 4 is 44.7 Å². The van der Waals surface area contributed by atoms with Crippen LogP contribution in [0.25, 0.3) is 28.1 Å². The summed E-state index contributed by atoms with van der Waals surface area (Å²) in [5.41, 5.74) is 0.628. The van der Waals surface area contributed by atoms with E-state index in [0.29, 0.717) is 30.2 Å². The average molecular weight is 687 g/mol. The summed E-state index contributed by atoms with van der Waals surface area (Å²) in [6.45, 7) is 8.95. The fourth-order valence-electron chi connectivity index (χ4n) is 6.31. The molecule has 0 radical (unpaired) electrons. The van der Waals surface area contributed by atoms with Crippen LogP contribution in [-0.2, 0) is 24.3 Å². The predicted octanol–water partition coefficient (Wildman–Crippen LogP) is 3.98. The molecule has 2 aliphatic carbocycles. The number of likely N-dealkylation sites (tertiary alicyclic amines) is 1. The number of nitrogens with one attached hydrogen (secondary N) is 2. The van der Waals surface area contributed by atoms with Crippen LogP contribution in [0.5, 0.6) is 5.88 Å². The summed E-state index contributed by atoms with van der Waals surface area (Å²) in [6, 6.07) is 17.9. The maximum absolute atomic E-state index is 14.0. The quantitative estimate of drug-likeness (QED) is 0.248. The number of nitrogens with zero attached hydrogens (tertiary/aromatic N) is 4. The molecule has 3 fully saturated rings. The Morgan fingerprint density at radius 2 is 1.76 bits per heavy atom. The number of ether oxygens (including phenoxy) is 2. The number of carbonyl (C=O) groups is 3. The first-order valence-corrected chi connectivity index (χ1v) is 17.8. The Balaban J connectivity index is 1.20. The second-order valence-corrected chi connectivity index (χ2v) is 15.8. The van der Waals surface area contributed by atoms with Gasteiger partial charge in [-0.3, -0.25) is 19.2 Å². The second-order valence-electron chi connectivity index (χ2n) is 13.9. The molecular weight excluding hydrogens is 648 g/mol. The Hall–Kier alpha value is -4.98. The van der Waals surface area contributed by atoms with E-state index in [2.05, 4.69) is 16.6 Å². The Bertz CT molecular complexity index is 2090. The monoisotopic (exact) mass is 686 g/mol. The summed E-state index contributed by atoms with van der Waals surface area (Å²) in [5.74, 6) is -1.08. The van der Waals surface area contributed by atoms with Gasteiger partial charge in [-0.2, -0.15) is 0 Å². The molecule has 7 rings (SSSR count). The highest BCUT2D eigenvalue weighted by Gasteiger charge is 2.62. The third kappa shape index (κ3) is 6.32. The summed E-state index contributed by atoms with van der Waals surface area (Å²) < 4.78 is 41.5. The molecule has 1 aliphatic heterocycles. The summed E-state index contributed by atoms with van der Waals surface area (Å²) in [7, 11) is -3.86. The Labute approximate surface area is 283 Å². The number of para-hydroxylation sites is 2. The molecule has 14 heteroatoms. The normalized spacial score (nSPS) is 23.7. The molecule has 0 spiro atoms. The van der Waals surface area contributed by atoms with E-state index in [4.69, 9.17) is 19.4 Å². The number of hydrogen-bond acceptors (Lipinski definition) is 9. The smallest absolute Gasteiger partial charge is 0.411 e. The highest BCUT2D eigenvalue weighted by atomic mass is 32.2. The van der Waals surface area contributed by atoms with Crippen molar-refractivity contribution in [1.82, 2.24) is 29.3 Å². The molecule has 3 heterocycles. The Morgan fingerprint density at radius 3 is 2.43 bits per heavy atom. The van der Waals surface area contributed by atoms with E-state index in [1.165, 1.54) is 11.0 Å². The lowest BCUT2D eigenvalue weighted by molar-refractivity contribution is -0.131. The first-order chi connectivity index (χ1) is 23.3. The summed E-state index contributed by atoms with van der Waals surface area (Å²) in [6.07, 6.45) is 1.33. The van der Waals surface area contributed by atoms with Gasteiger partial charge in [0, 0.05) is 24.0 Å². The van der Waals surface area contributed by atoms with Gasteiger partial charge in [0.15, 0.2) is 0 Å². The first kappa shape index (κ1) is 32.6. The van der Waals surface area contributed by atoms with Crippen LogP contribution < -0.4 is 14.8 Å². The van der Waals surface area contributed by atoms with Gasteiger partial charge in [0.25, 0.3) is 5.91 Å². The third-order valence-corrected chi connectivity index (χ3v) is 10.9. The highest BCUT2D eigenvalue weighted by Crippen LogP contribution is 2.45. The molecule has 13 nitrogen and oxygen atoms in total. The molecule has 1 saturated heterocycles. The second kappa shape index (κ2) is 11.9. The first-order valence-electron chi connectivity index (χ1n) is 16.3. The molecule has 2 aromatic heterocycles. The summed E-state index contributed by atoms with van der Waals surface area (Å²) in [4.78, 5) is 51.7. The van der Waals surface area contributed by atoms with Crippen LogP contribution in [0.2, 0.25) is 0 Å². The van der Waals surface area contributed by atoms with Gasteiger partial charge in [-0.15, -0.1) is 6.58 Å².